The van der Waals surface area contributed by atoms with Gasteiger partial charge in [0.15, 0.2) is 0 Å². The third-order valence-electron chi connectivity index (χ3n) is 6.05. The molecule has 12 heteroatoms. The molecule has 2 N–H and O–H groups in total. The zero-order chi connectivity index (χ0) is 26.2. The molecule has 37 heavy (non-hydrogen) atoms. The second kappa shape index (κ2) is 9.60. The average Bonchev–Trinajstić information content (AvgIpc) is 3.29. The van der Waals surface area contributed by atoms with Crippen molar-refractivity contribution in [1.82, 2.24) is 24.7 Å². The van der Waals surface area contributed by atoms with Crippen molar-refractivity contribution in [2.24, 2.45) is 0 Å². The van der Waals surface area contributed by atoms with E-state index >= 15 is 0 Å². The molecule has 1 aliphatic carbocycles. The number of halogens is 3. The molecule has 1 aromatic carbocycles. The number of hydrogen-bond donors (Lipinski definition) is 2. The highest BCUT2D eigenvalue weighted by Crippen LogP contribution is 2.33. The van der Waals surface area contributed by atoms with Crippen LogP contribution in [-0.2, 0) is 10.0 Å². The predicted molar refractivity (Wildman–Crippen MR) is 131 cm³/mol. The monoisotopic (exact) mass is 529 g/mol. The van der Waals surface area contributed by atoms with E-state index in [4.69, 9.17) is 0 Å². The summed E-state index contributed by atoms with van der Waals surface area (Å²) in [6.07, 6.45) is 1.95. The van der Waals surface area contributed by atoms with Crippen molar-refractivity contribution in [3.63, 3.8) is 0 Å². The molecule has 1 atom stereocenters. The van der Waals surface area contributed by atoms with Crippen LogP contribution in [0.15, 0.2) is 66.0 Å². The van der Waals surface area contributed by atoms with Gasteiger partial charge in [0, 0.05) is 34.6 Å². The number of nitrogens with one attached hydrogen (secondary N) is 2. The maximum absolute atomic E-state index is 12.8. The number of alkyl halides is 3. The van der Waals surface area contributed by atoms with Gasteiger partial charge in [0.25, 0.3) is 0 Å². The summed E-state index contributed by atoms with van der Waals surface area (Å²) in [7, 11) is -3.92. The van der Waals surface area contributed by atoms with E-state index in [-0.39, 0.29) is 10.9 Å². The Kier molecular flexibility index (Phi) is 6.46. The van der Waals surface area contributed by atoms with Crippen molar-refractivity contribution in [2.75, 3.05) is 0 Å². The first-order valence-corrected chi connectivity index (χ1v) is 12.9. The van der Waals surface area contributed by atoms with Gasteiger partial charge in [0.1, 0.15) is 17.7 Å². The maximum atomic E-state index is 12.8. The van der Waals surface area contributed by atoms with Crippen LogP contribution in [-0.4, -0.2) is 40.8 Å². The van der Waals surface area contributed by atoms with E-state index in [0.717, 1.165) is 57.9 Å². The summed E-state index contributed by atoms with van der Waals surface area (Å²) in [5.41, 5.74) is 5.20. The number of fused-ring (bicyclic) bond motifs is 1. The van der Waals surface area contributed by atoms with Crippen LogP contribution in [0.4, 0.5) is 13.2 Å². The molecule has 0 fully saturated rings. The molecular formula is C25H22F3N5O3S. The summed E-state index contributed by atoms with van der Waals surface area (Å²) >= 11 is 0. The van der Waals surface area contributed by atoms with Gasteiger partial charge in [-0.2, -0.15) is 0 Å². The molecule has 0 saturated heterocycles. The molecule has 0 amide bonds. The molecule has 0 saturated carbocycles. The Bertz CT molecular complexity index is 1560. The summed E-state index contributed by atoms with van der Waals surface area (Å²) in [6.45, 7) is 1.92. The average molecular weight is 530 g/mol. The third-order valence-corrected chi connectivity index (χ3v) is 7.59. The van der Waals surface area contributed by atoms with Gasteiger partial charge in [-0.15, -0.1) is 13.2 Å². The SMILES string of the molecule is Cc1ccc(-c2cc3c(C4=CCC(NS(=O)(=O)c5ccc(OC(F)(F)F)cc5)CC4)ncnc3[nH]2)cn1. The number of sulfonamides is 1. The molecule has 3 heterocycles. The minimum absolute atomic E-state index is 0.139. The summed E-state index contributed by atoms with van der Waals surface area (Å²) in [4.78, 5) is 16.3. The minimum Gasteiger partial charge on any atom is -0.406 e. The molecule has 0 spiro atoms. The fourth-order valence-corrected chi connectivity index (χ4v) is 5.53. The van der Waals surface area contributed by atoms with Crippen LogP contribution < -0.4 is 9.46 Å². The van der Waals surface area contributed by atoms with Gasteiger partial charge in [0.2, 0.25) is 10.0 Å². The lowest BCUT2D eigenvalue weighted by molar-refractivity contribution is -0.274. The molecule has 0 aliphatic heterocycles. The first kappa shape index (κ1) is 24.9. The van der Waals surface area contributed by atoms with Crippen LogP contribution >= 0.6 is 0 Å². The zero-order valence-electron chi connectivity index (χ0n) is 19.6. The molecule has 0 bridgehead atoms. The van der Waals surface area contributed by atoms with Crippen molar-refractivity contribution in [1.29, 1.82) is 0 Å². The van der Waals surface area contributed by atoms with Crippen LogP contribution in [0.1, 0.15) is 30.7 Å². The number of allylic oxidation sites excluding steroid dienone is 1. The Labute approximate surface area is 210 Å². The number of hydrogen-bond acceptors (Lipinski definition) is 6. The summed E-state index contributed by atoms with van der Waals surface area (Å²) in [5, 5.41) is 0.865. The number of ether oxygens (including phenoxy) is 1. The zero-order valence-corrected chi connectivity index (χ0v) is 20.4. The molecular weight excluding hydrogens is 507 g/mol. The number of pyridine rings is 1. The van der Waals surface area contributed by atoms with Gasteiger partial charge < -0.3 is 9.72 Å². The fourth-order valence-electron chi connectivity index (χ4n) is 4.24. The number of aromatic nitrogens is 4. The normalized spacial score (nSPS) is 16.5. The highest BCUT2D eigenvalue weighted by Gasteiger charge is 2.31. The van der Waals surface area contributed by atoms with Crippen LogP contribution in [0.5, 0.6) is 5.75 Å². The van der Waals surface area contributed by atoms with Crippen LogP contribution in [0, 0.1) is 6.92 Å². The summed E-state index contributed by atoms with van der Waals surface area (Å²) < 4.78 is 69.0. The number of aromatic amines is 1. The lowest BCUT2D eigenvalue weighted by Gasteiger charge is -2.23. The highest BCUT2D eigenvalue weighted by atomic mass is 32.2. The van der Waals surface area contributed by atoms with Crippen molar-refractivity contribution in [3.8, 4) is 17.0 Å². The molecule has 0 radical (unpaired) electrons. The van der Waals surface area contributed by atoms with E-state index in [2.05, 4.69) is 29.4 Å². The molecule has 8 nitrogen and oxygen atoms in total. The van der Waals surface area contributed by atoms with Crippen LogP contribution in [0.2, 0.25) is 0 Å². The second-order valence-electron chi connectivity index (χ2n) is 8.70. The highest BCUT2D eigenvalue weighted by molar-refractivity contribution is 7.89. The quantitative estimate of drug-likeness (QED) is 0.358. The molecule has 1 aliphatic rings. The topological polar surface area (TPSA) is 110 Å². The van der Waals surface area contributed by atoms with E-state index < -0.39 is 22.1 Å². The first-order valence-electron chi connectivity index (χ1n) is 11.4. The third kappa shape index (κ3) is 5.65. The van der Waals surface area contributed by atoms with E-state index in [1.807, 2.05) is 31.2 Å². The second-order valence-corrected chi connectivity index (χ2v) is 10.4. The number of nitrogens with zero attached hydrogens (tertiary/aromatic N) is 3. The van der Waals surface area contributed by atoms with Crippen LogP contribution in [0.25, 0.3) is 27.9 Å². The fraction of sp³-hybridized carbons (Fsp3) is 0.240. The van der Waals surface area contributed by atoms with Crippen molar-refractivity contribution in [2.45, 2.75) is 43.5 Å². The summed E-state index contributed by atoms with van der Waals surface area (Å²) in [5.74, 6) is -0.487. The molecule has 3 aromatic heterocycles. The lowest BCUT2D eigenvalue weighted by atomic mass is 9.93. The van der Waals surface area contributed by atoms with E-state index in [1.54, 1.807) is 6.20 Å². The standard InChI is InChI=1S/C25H22F3N5O3S/c1-15-2-3-17(13-29-15)22-12-21-23(30-14-31-24(21)32-22)16-4-6-18(7-5-16)33-37(34,35)20-10-8-19(9-11-20)36-25(26,27)28/h2-4,8-14,18,33H,5-7H2,1H3,(H,30,31,32). The molecule has 1 unspecified atom stereocenters. The molecule has 4 aromatic rings. The number of rotatable bonds is 6. The van der Waals surface area contributed by atoms with Gasteiger partial charge in [-0.1, -0.05) is 6.08 Å². The van der Waals surface area contributed by atoms with Gasteiger partial charge in [0.05, 0.1) is 10.6 Å². The van der Waals surface area contributed by atoms with Crippen molar-refractivity contribution < 1.29 is 26.3 Å². The number of benzene rings is 1. The lowest BCUT2D eigenvalue weighted by Crippen LogP contribution is -2.35. The van der Waals surface area contributed by atoms with E-state index in [9.17, 15) is 21.6 Å². The van der Waals surface area contributed by atoms with Gasteiger partial charge >= 0.3 is 6.36 Å². The smallest absolute Gasteiger partial charge is 0.406 e. The van der Waals surface area contributed by atoms with E-state index in [0.29, 0.717) is 24.9 Å². The number of H-pyrrole nitrogens is 1. The van der Waals surface area contributed by atoms with Crippen molar-refractivity contribution in [3.05, 3.63) is 72.5 Å². The maximum Gasteiger partial charge on any atom is 0.573 e. The number of aryl methyl sites for hydroxylation is 1. The van der Waals surface area contributed by atoms with Crippen LogP contribution in [0.3, 0.4) is 0 Å². The largest absolute Gasteiger partial charge is 0.573 e. The Morgan fingerprint density at radius 3 is 2.51 bits per heavy atom. The Hall–Kier alpha value is -3.77. The predicted octanol–water partition coefficient (Wildman–Crippen LogP) is 5.14. The Morgan fingerprint density at radius 1 is 1.08 bits per heavy atom. The first-order chi connectivity index (χ1) is 17.6. The van der Waals surface area contributed by atoms with Gasteiger partial charge in [-0.05, 0) is 74.2 Å². The Balaban J connectivity index is 1.30. The minimum atomic E-state index is -4.85. The van der Waals surface area contributed by atoms with Crippen molar-refractivity contribution >= 4 is 26.6 Å². The van der Waals surface area contributed by atoms with Gasteiger partial charge in [-0.3, -0.25) is 4.98 Å². The Morgan fingerprint density at radius 2 is 1.86 bits per heavy atom. The molecule has 5 rings (SSSR count). The van der Waals surface area contributed by atoms with E-state index in [1.165, 1.54) is 6.33 Å². The van der Waals surface area contributed by atoms with Gasteiger partial charge in [-0.25, -0.2) is 23.1 Å². The summed E-state index contributed by atoms with van der Waals surface area (Å²) in [6, 6.07) is 9.64. The molecule has 192 valence electrons.